The van der Waals surface area contributed by atoms with Gasteiger partial charge in [-0.25, -0.2) is 0 Å². The normalized spacial score (nSPS) is 12.9. The van der Waals surface area contributed by atoms with Crippen molar-refractivity contribution in [2.24, 2.45) is 5.92 Å². The fourth-order valence-electron chi connectivity index (χ4n) is 4.41. The number of aliphatic hydroxyl groups is 1. The van der Waals surface area contributed by atoms with E-state index in [4.69, 9.17) is 9.47 Å². The molecule has 0 saturated carbocycles. The molecule has 0 spiro atoms. The molecular weight excluding hydrogens is 452 g/mol. The van der Waals surface area contributed by atoms with E-state index in [-0.39, 0.29) is 25.2 Å². The number of ether oxygens (including phenoxy) is 2. The van der Waals surface area contributed by atoms with Crippen LogP contribution in [-0.4, -0.2) is 36.4 Å². The van der Waals surface area contributed by atoms with Crippen LogP contribution in [0, 0.1) is 5.92 Å². The molecule has 0 rings (SSSR count). The van der Waals surface area contributed by atoms with Crippen LogP contribution in [0.5, 0.6) is 0 Å². The van der Waals surface area contributed by atoms with Crippen LogP contribution in [-0.2, 0) is 19.1 Å². The topological polar surface area (TPSA) is 72.8 Å². The van der Waals surface area contributed by atoms with Gasteiger partial charge in [-0.3, -0.25) is 9.59 Å². The van der Waals surface area contributed by atoms with E-state index in [0.717, 1.165) is 44.4 Å². The van der Waals surface area contributed by atoms with Crippen LogP contribution in [0.4, 0.5) is 0 Å². The van der Waals surface area contributed by atoms with Gasteiger partial charge in [-0.05, 0) is 18.8 Å². The lowest BCUT2D eigenvalue weighted by Crippen LogP contribution is -2.28. The third kappa shape index (κ3) is 24.6. The molecular formula is C31H60O5. The first-order valence-electron chi connectivity index (χ1n) is 15.5. The van der Waals surface area contributed by atoms with Crippen LogP contribution < -0.4 is 0 Å². The molecule has 214 valence electrons. The van der Waals surface area contributed by atoms with Crippen LogP contribution in [0.15, 0.2) is 0 Å². The quantitative estimate of drug-likeness (QED) is 0.0880. The van der Waals surface area contributed by atoms with E-state index >= 15 is 0 Å². The Hall–Kier alpha value is -1.10. The predicted molar refractivity (Wildman–Crippen MR) is 150 cm³/mol. The second kappa shape index (κ2) is 26.9. The summed E-state index contributed by atoms with van der Waals surface area (Å²) in [4.78, 5) is 24.0. The van der Waals surface area contributed by atoms with Crippen molar-refractivity contribution in [2.45, 2.75) is 168 Å². The molecule has 0 aliphatic carbocycles. The lowest BCUT2D eigenvalue weighted by Gasteiger charge is -2.15. The first kappa shape index (κ1) is 34.9. The molecule has 36 heavy (non-hydrogen) atoms. The summed E-state index contributed by atoms with van der Waals surface area (Å²) in [5, 5.41) is 9.46. The number of aliphatic hydroxyl groups excluding tert-OH is 1. The monoisotopic (exact) mass is 512 g/mol. The number of hydrogen-bond donors (Lipinski definition) is 1. The van der Waals surface area contributed by atoms with Gasteiger partial charge in [0.05, 0.1) is 6.61 Å². The van der Waals surface area contributed by atoms with Gasteiger partial charge in [0, 0.05) is 12.8 Å². The summed E-state index contributed by atoms with van der Waals surface area (Å²) in [5.74, 6) is 0.269. The molecule has 0 aromatic heterocycles. The molecule has 0 aliphatic rings. The summed E-state index contributed by atoms with van der Waals surface area (Å²) >= 11 is 0. The maximum absolute atomic E-state index is 12.0. The van der Waals surface area contributed by atoms with Crippen LogP contribution >= 0.6 is 0 Å². The Balaban J connectivity index is 3.59. The molecule has 0 bridgehead atoms. The van der Waals surface area contributed by atoms with Crippen LogP contribution in [0.25, 0.3) is 0 Å². The van der Waals surface area contributed by atoms with Gasteiger partial charge in [0.25, 0.3) is 0 Å². The van der Waals surface area contributed by atoms with Gasteiger partial charge in [-0.1, -0.05) is 136 Å². The zero-order valence-corrected chi connectivity index (χ0v) is 24.2. The second-order valence-electron chi connectivity index (χ2n) is 10.8. The summed E-state index contributed by atoms with van der Waals surface area (Å²) in [5.41, 5.74) is 0. The van der Waals surface area contributed by atoms with Gasteiger partial charge < -0.3 is 14.6 Å². The Morgan fingerprint density at radius 3 is 1.56 bits per heavy atom. The number of rotatable bonds is 27. The highest BCUT2D eigenvalue weighted by Crippen LogP contribution is 2.15. The van der Waals surface area contributed by atoms with Gasteiger partial charge in [-0.2, -0.15) is 0 Å². The second-order valence-corrected chi connectivity index (χ2v) is 10.8. The molecule has 0 radical (unpaired) electrons. The maximum Gasteiger partial charge on any atom is 0.306 e. The minimum Gasteiger partial charge on any atom is -0.462 e. The Morgan fingerprint density at radius 2 is 1.08 bits per heavy atom. The van der Waals surface area contributed by atoms with E-state index in [2.05, 4.69) is 20.8 Å². The van der Waals surface area contributed by atoms with Crippen LogP contribution in [0.3, 0.4) is 0 Å². The lowest BCUT2D eigenvalue weighted by atomic mass is 9.99. The zero-order valence-electron chi connectivity index (χ0n) is 24.2. The van der Waals surface area contributed by atoms with Gasteiger partial charge in [0.15, 0.2) is 6.10 Å². The number of unbranched alkanes of at least 4 members (excludes halogenated alkanes) is 16. The van der Waals surface area contributed by atoms with E-state index in [1.165, 1.54) is 89.9 Å². The summed E-state index contributed by atoms with van der Waals surface area (Å²) in [6.07, 6.45) is 24.3. The summed E-state index contributed by atoms with van der Waals surface area (Å²) in [7, 11) is 0. The summed E-state index contributed by atoms with van der Waals surface area (Å²) in [6, 6.07) is 0. The molecule has 1 unspecified atom stereocenters. The van der Waals surface area contributed by atoms with Gasteiger partial charge in [-0.15, -0.1) is 0 Å². The average molecular weight is 513 g/mol. The number of hydrogen-bond acceptors (Lipinski definition) is 5. The first-order valence-corrected chi connectivity index (χ1v) is 15.5. The Morgan fingerprint density at radius 1 is 0.639 bits per heavy atom. The minimum absolute atomic E-state index is 0.0597. The van der Waals surface area contributed by atoms with Crippen molar-refractivity contribution in [1.29, 1.82) is 0 Å². The van der Waals surface area contributed by atoms with Gasteiger partial charge in [0.1, 0.15) is 6.61 Å². The molecule has 1 N–H and O–H groups in total. The first-order chi connectivity index (χ1) is 17.5. The van der Waals surface area contributed by atoms with Crippen molar-refractivity contribution in [3.63, 3.8) is 0 Å². The van der Waals surface area contributed by atoms with Crippen molar-refractivity contribution < 1.29 is 24.2 Å². The van der Waals surface area contributed by atoms with E-state index < -0.39 is 6.10 Å². The zero-order chi connectivity index (χ0) is 26.7. The van der Waals surface area contributed by atoms with Crippen molar-refractivity contribution in [3.8, 4) is 0 Å². The number of carbonyl (C=O) groups is 2. The fraction of sp³-hybridized carbons (Fsp3) is 0.935. The highest BCUT2D eigenvalue weighted by molar-refractivity contribution is 5.70. The minimum atomic E-state index is -0.760. The van der Waals surface area contributed by atoms with Crippen molar-refractivity contribution in [1.82, 2.24) is 0 Å². The largest absolute Gasteiger partial charge is 0.462 e. The average Bonchev–Trinajstić information content (AvgIpc) is 2.88. The molecule has 0 saturated heterocycles. The smallest absolute Gasteiger partial charge is 0.306 e. The van der Waals surface area contributed by atoms with E-state index in [0.29, 0.717) is 12.8 Å². The standard InChI is InChI=1S/C31H60O5/c1-4-6-7-8-9-10-11-15-18-21-24-30(33)35-27-29(26-32)36-31(34)25-22-19-16-13-12-14-17-20-23-28(3)5-2/h28-29,32H,4-27H2,1-3H3/t28?,29-/m0/s1. The van der Waals surface area contributed by atoms with Crippen LogP contribution in [0.1, 0.15) is 162 Å². The predicted octanol–water partition coefficient (Wildman–Crippen LogP) is 8.69. The maximum atomic E-state index is 12.0. The number of esters is 2. The van der Waals surface area contributed by atoms with Gasteiger partial charge >= 0.3 is 11.9 Å². The molecule has 5 nitrogen and oxygen atoms in total. The molecule has 5 heteroatoms. The molecule has 2 atom stereocenters. The van der Waals surface area contributed by atoms with Crippen molar-refractivity contribution in [3.05, 3.63) is 0 Å². The lowest BCUT2D eigenvalue weighted by molar-refractivity contribution is -0.161. The van der Waals surface area contributed by atoms with Crippen molar-refractivity contribution >= 4 is 11.9 Å². The fourth-order valence-corrected chi connectivity index (χ4v) is 4.41. The Bertz CT molecular complexity index is 493. The van der Waals surface area contributed by atoms with Crippen molar-refractivity contribution in [2.75, 3.05) is 13.2 Å². The number of carbonyl (C=O) groups excluding carboxylic acids is 2. The molecule has 0 aromatic rings. The van der Waals surface area contributed by atoms with Crippen LogP contribution in [0.2, 0.25) is 0 Å². The highest BCUT2D eigenvalue weighted by atomic mass is 16.6. The molecule has 0 amide bonds. The highest BCUT2D eigenvalue weighted by Gasteiger charge is 2.16. The molecule has 0 fully saturated rings. The molecule has 0 heterocycles. The SMILES string of the molecule is CCCCCCCCCCCCC(=O)OC[C@H](CO)OC(=O)CCCCCCCCCCC(C)CC. The Kier molecular flexibility index (Phi) is 26.1. The summed E-state index contributed by atoms with van der Waals surface area (Å²) < 4.78 is 10.5. The van der Waals surface area contributed by atoms with E-state index in [9.17, 15) is 14.7 Å². The third-order valence-electron chi connectivity index (χ3n) is 7.19. The Labute approximate surface area is 223 Å². The van der Waals surface area contributed by atoms with E-state index in [1.807, 2.05) is 0 Å². The van der Waals surface area contributed by atoms with E-state index in [1.54, 1.807) is 0 Å². The summed E-state index contributed by atoms with van der Waals surface area (Å²) in [6.45, 7) is 6.45. The molecule has 0 aromatic carbocycles. The van der Waals surface area contributed by atoms with Gasteiger partial charge in [0.2, 0.25) is 0 Å². The molecule has 0 aliphatic heterocycles. The third-order valence-corrected chi connectivity index (χ3v) is 7.19.